The van der Waals surface area contributed by atoms with Gasteiger partial charge >= 0.3 is 0 Å². The molecule has 0 saturated carbocycles. The maximum absolute atomic E-state index is 11.1. The summed E-state index contributed by atoms with van der Waals surface area (Å²) in [5.41, 5.74) is 0.500. The quantitative estimate of drug-likeness (QED) is 0.699. The standard InChI is InChI=1S/C8H7ClN2O2S/c1-6-10-8(14(9,12)13)7-4-2-3-5-11(6)7/h2-5H,1H3. The van der Waals surface area contributed by atoms with E-state index >= 15 is 0 Å². The molecule has 2 heterocycles. The smallest absolute Gasteiger partial charge is 0.280 e. The van der Waals surface area contributed by atoms with E-state index in [0.29, 0.717) is 11.3 Å². The van der Waals surface area contributed by atoms with Crippen LogP contribution in [-0.4, -0.2) is 17.8 Å². The summed E-state index contributed by atoms with van der Waals surface area (Å²) in [5, 5.41) is -0.0859. The maximum atomic E-state index is 11.1. The van der Waals surface area contributed by atoms with E-state index in [0.717, 1.165) is 0 Å². The van der Waals surface area contributed by atoms with Gasteiger partial charge in [0.2, 0.25) is 0 Å². The zero-order chi connectivity index (χ0) is 10.3. The molecule has 0 aliphatic carbocycles. The Morgan fingerprint density at radius 3 is 2.79 bits per heavy atom. The van der Waals surface area contributed by atoms with Crippen LogP contribution in [-0.2, 0) is 9.05 Å². The number of aromatic nitrogens is 2. The van der Waals surface area contributed by atoms with E-state index in [9.17, 15) is 8.42 Å². The van der Waals surface area contributed by atoms with Gasteiger partial charge in [-0.2, -0.15) is 0 Å². The SMILES string of the molecule is Cc1nc(S(=O)(=O)Cl)c2ccccn12. The van der Waals surface area contributed by atoms with Gasteiger partial charge in [-0.05, 0) is 19.1 Å². The lowest BCUT2D eigenvalue weighted by Crippen LogP contribution is -1.91. The van der Waals surface area contributed by atoms with Crippen LogP contribution in [0.5, 0.6) is 0 Å². The minimum Gasteiger partial charge on any atom is -0.303 e. The van der Waals surface area contributed by atoms with Crippen molar-refractivity contribution in [2.24, 2.45) is 0 Å². The van der Waals surface area contributed by atoms with Crippen molar-refractivity contribution in [3.63, 3.8) is 0 Å². The third-order valence-electron chi connectivity index (χ3n) is 1.92. The number of imidazole rings is 1. The van der Waals surface area contributed by atoms with Crippen LogP contribution in [0.3, 0.4) is 0 Å². The summed E-state index contributed by atoms with van der Waals surface area (Å²) in [6.07, 6.45) is 1.74. The number of nitrogens with zero attached hydrogens (tertiary/aromatic N) is 2. The van der Waals surface area contributed by atoms with Crippen LogP contribution in [0.15, 0.2) is 29.4 Å². The third-order valence-corrected chi connectivity index (χ3v) is 3.12. The summed E-state index contributed by atoms with van der Waals surface area (Å²) in [7, 11) is 1.48. The van der Waals surface area contributed by atoms with Crippen LogP contribution < -0.4 is 0 Å². The summed E-state index contributed by atoms with van der Waals surface area (Å²) < 4.78 is 24.0. The van der Waals surface area contributed by atoms with Gasteiger partial charge in [0.1, 0.15) is 5.82 Å². The second kappa shape index (κ2) is 2.96. The van der Waals surface area contributed by atoms with Gasteiger partial charge in [0.25, 0.3) is 9.05 Å². The molecule has 14 heavy (non-hydrogen) atoms. The van der Waals surface area contributed by atoms with Crippen molar-refractivity contribution >= 4 is 25.2 Å². The zero-order valence-corrected chi connectivity index (χ0v) is 8.88. The highest BCUT2D eigenvalue weighted by atomic mass is 35.7. The third kappa shape index (κ3) is 1.38. The monoisotopic (exact) mass is 230 g/mol. The van der Waals surface area contributed by atoms with Crippen molar-refractivity contribution in [2.75, 3.05) is 0 Å². The number of hydrogen-bond donors (Lipinski definition) is 0. The molecular weight excluding hydrogens is 224 g/mol. The van der Waals surface area contributed by atoms with Crippen LogP contribution >= 0.6 is 10.7 Å². The first kappa shape index (κ1) is 9.48. The minimum absolute atomic E-state index is 0.0859. The number of rotatable bonds is 1. The Bertz CT molecular complexity index is 588. The molecular formula is C8H7ClN2O2S. The number of aryl methyl sites for hydroxylation is 1. The molecule has 4 nitrogen and oxygen atoms in total. The van der Waals surface area contributed by atoms with Gasteiger partial charge in [-0.25, -0.2) is 13.4 Å². The fourth-order valence-electron chi connectivity index (χ4n) is 1.34. The average Bonchev–Trinajstić information content (AvgIpc) is 2.44. The molecule has 2 aromatic rings. The van der Waals surface area contributed by atoms with Crippen LogP contribution in [0, 0.1) is 6.92 Å². The normalized spacial score (nSPS) is 12.1. The van der Waals surface area contributed by atoms with Crippen molar-refractivity contribution in [1.29, 1.82) is 0 Å². The minimum atomic E-state index is -3.77. The number of fused-ring (bicyclic) bond motifs is 1. The maximum Gasteiger partial charge on any atom is 0.280 e. The average molecular weight is 231 g/mol. The fourth-order valence-corrected chi connectivity index (χ4v) is 2.34. The van der Waals surface area contributed by atoms with E-state index in [1.165, 1.54) is 0 Å². The number of hydrogen-bond acceptors (Lipinski definition) is 3. The second-order valence-electron chi connectivity index (χ2n) is 2.86. The number of pyridine rings is 1. The Morgan fingerprint density at radius 2 is 2.14 bits per heavy atom. The lowest BCUT2D eigenvalue weighted by atomic mass is 10.4. The van der Waals surface area contributed by atoms with Gasteiger partial charge in [-0.3, -0.25) is 0 Å². The van der Waals surface area contributed by atoms with Gasteiger partial charge < -0.3 is 4.40 Å². The molecule has 6 heteroatoms. The predicted molar refractivity (Wildman–Crippen MR) is 53.0 cm³/mol. The van der Waals surface area contributed by atoms with Gasteiger partial charge in [0.05, 0.1) is 5.52 Å². The Labute approximate surface area is 85.6 Å². The van der Waals surface area contributed by atoms with Crippen molar-refractivity contribution < 1.29 is 8.42 Å². The van der Waals surface area contributed by atoms with Gasteiger partial charge in [0, 0.05) is 16.9 Å². The topological polar surface area (TPSA) is 51.4 Å². The lowest BCUT2D eigenvalue weighted by molar-refractivity contribution is 0.607. The molecule has 0 atom stereocenters. The van der Waals surface area contributed by atoms with E-state index in [4.69, 9.17) is 10.7 Å². The van der Waals surface area contributed by atoms with E-state index in [2.05, 4.69) is 4.98 Å². The summed E-state index contributed by atoms with van der Waals surface area (Å²) in [5.74, 6) is 0.597. The van der Waals surface area contributed by atoms with Crippen molar-refractivity contribution in [3.05, 3.63) is 30.2 Å². The second-order valence-corrected chi connectivity index (χ2v) is 5.34. The van der Waals surface area contributed by atoms with E-state index in [1.807, 2.05) is 0 Å². The number of halogens is 1. The van der Waals surface area contributed by atoms with Gasteiger partial charge in [0.15, 0.2) is 5.03 Å². The van der Waals surface area contributed by atoms with Crippen LogP contribution in [0.25, 0.3) is 5.52 Å². The van der Waals surface area contributed by atoms with Crippen molar-refractivity contribution in [2.45, 2.75) is 11.9 Å². The largest absolute Gasteiger partial charge is 0.303 e. The van der Waals surface area contributed by atoms with Crippen LogP contribution in [0.1, 0.15) is 5.82 Å². The molecule has 0 aliphatic heterocycles. The Kier molecular flexibility index (Phi) is 2.01. The molecule has 74 valence electrons. The zero-order valence-electron chi connectivity index (χ0n) is 7.31. The molecule has 0 unspecified atom stereocenters. The predicted octanol–water partition coefficient (Wildman–Crippen LogP) is 1.57. The Hall–Kier alpha value is -1.07. The van der Waals surface area contributed by atoms with E-state index < -0.39 is 9.05 Å². The molecule has 0 saturated heterocycles. The first-order chi connectivity index (χ1) is 6.50. The van der Waals surface area contributed by atoms with Gasteiger partial charge in [-0.15, -0.1) is 0 Å². The first-order valence-electron chi connectivity index (χ1n) is 3.88. The molecule has 0 N–H and O–H groups in total. The molecule has 0 amide bonds. The van der Waals surface area contributed by atoms with Crippen LogP contribution in [0.2, 0.25) is 0 Å². The molecule has 0 bridgehead atoms. The molecule has 2 aromatic heterocycles. The molecule has 0 radical (unpaired) electrons. The highest BCUT2D eigenvalue weighted by Crippen LogP contribution is 2.20. The van der Waals surface area contributed by atoms with E-state index in [1.54, 1.807) is 35.7 Å². The lowest BCUT2D eigenvalue weighted by Gasteiger charge is -1.93. The molecule has 2 rings (SSSR count). The van der Waals surface area contributed by atoms with Crippen LogP contribution in [0.4, 0.5) is 0 Å². The molecule has 0 aromatic carbocycles. The Balaban J connectivity index is 2.93. The van der Waals surface area contributed by atoms with Crippen molar-refractivity contribution in [1.82, 2.24) is 9.38 Å². The molecule has 0 aliphatic rings. The summed E-state index contributed by atoms with van der Waals surface area (Å²) >= 11 is 0. The summed E-state index contributed by atoms with van der Waals surface area (Å²) in [6, 6.07) is 5.20. The highest BCUT2D eigenvalue weighted by molar-refractivity contribution is 8.13. The van der Waals surface area contributed by atoms with Crippen molar-refractivity contribution in [3.8, 4) is 0 Å². The fraction of sp³-hybridized carbons (Fsp3) is 0.125. The van der Waals surface area contributed by atoms with E-state index in [-0.39, 0.29) is 5.03 Å². The first-order valence-corrected chi connectivity index (χ1v) is 6.19. The van der Waals surface area contributed by atoms with Gasteiger partial charge in [-0.1, -0.05) is 6.07 Å². The Morgan fingerprint density at radius 1 is 1.43 bits per heavy atom. The summed E-state index contributed by atoms with van der Waals surface area (Å²) in [4.78, 5) is 3.90. The highest BCUT2D eigenvalue weighted by Gasteiger charge is 2.18. The summed E-state index contributed by atoms with van der Waals surface area (Å²) in [6.45, 7) is 1.72. The molecule has 0 fully saturated rings. The molecule has 0 spiro atoms.